The summed E-state index contributed by atoms with van der Waals surface area (Å²) >= 11 is 9.63. The van der Waals surface area contributed by atoms with Crippen LogP contribution in [0.15, 0.2) is 14.3 Å². The summed E-state index contributed by atoms with van der Waals surface area (Å²) in [5.41, 5.74) is 0.356. The molecule has 2 aromatic heterocycles. The first-order chi connectivity index (χ1) is 8.70. The van der Waals surface area contributed by atoms with Crippen LogP contribution in [0.1, 0.15) is 36.1 Å². The Morgan fingerprint density at radius 3 is 2.32 bits per heavy atom. The third-order valence-electron chi connectivity index (χ3n) is 2.39. The average molecular weight is 425 g/mol. The molecule has 1 N–H and O–H groups in total. The van der Waals surface area contributed by atoms with E-state index in [9.17, 15) is 9.90 Å². The molecule has 3 nitrogen and oxygen atoms in total. The first kappa shape index (κ1) is 15.2. The number of aromatic carboxylic acids is 1. The smallest absolute Gasteiger partial charge is 0.347 e. The Morgan fingerprint density at radius 2 is 1.95 bits per heavy atom. The Hall–Kier alpha value is -0.240. The molecule has 0 radical (unpaired) electrons. The van der Waals surface area contributed by atoms with E-state index in [0.29, 0.717) is 10.6 Å². The fraction of sp³-hybridized carbons (Fsp3) is 0.333. The highest BCUT2D eigenvalue weighted by molar-refractivity contribution is 9.13. The molecule has 0 aromatic carbocycles. The number of thiophene rings is 1. The Bertz CT molecular complexity index is 621. The fourth-order valence-corrected chi connectivity index (χ4v) is 4.73. The van der Waals surface area contributed by atoms with Crippen LogP contribution in [-0.4, -0.2) is 16.1 Å². The molecule has 0 amide bonds. The predicted octanol–water partition coefficient (Wildman–Crippen LogP) is 5.39. The molecular weight excluding hydrogens is 414 g/mol. The number of carbonyl (C=O) groups is 1. The van der Waals surface area contributed by atoms with Crippen molar-refractivity contribution >= 4 is 60.5 Å². The molecule has 7 heteroatoms. The zero-order chi connectivity index (χ0) is 14.4. The molecular formula is C12H11Br2NO2S2. The molecule has 102 valence electrons. The molecule has 0 saturated heterocycles. The van der Waals surface area contributed by atoms with Gasteiger partial charge >= 0.3 is 5.97 Å². The lowest BCUT2D eigenvalue weighted by molar-refractivity contribution is 0.0699. The number of halogens is 2. The highest BCUT2D eigenvalue weighted by Gasteiger charge is 2.27. The molecule has 0 spiro atoms. The van der Waals surface area contributed by atoms with Crippen molar-refractivity contribution in [1.29, 1.82) is 0 Å². The summed E-state index contributed by atoms with van der Waals surface area (Å²) in [5, 5.41) is 10.1. The van der Waals surface area contributed by atoms with Crippen LogP contribution < -0.4 is 0 Å². The monoisotopic (exact) mass is 423 g/mol. The normalized spacial score (nSPS) is 11.8. The van der Waals surface area contributed by atoms with Gasteiger partial charge in [-0.1, -0.05) is 20.8 Å². The summed E-state index contributed by atoms with van der Waals surface area (Å²) in [5.74, 6) is -0.914. The summed E-state index contributed by atoms with van der Waals surface area (Å²) in [7, 11) is 0. The van der Waals surface area contributed by atoms with Crippen LogP contribution in [0, 0.1) is 0 Å². The highest BCUT2D eigenvalue weighted by atomic mass is 79.9. The maximum atomic E-state index is 11.3. The molecule has 0 aliphatic carbocycles. The molecule has 19 heavy (non-hydrogen) atoms. The van der Waals surface area contributed by atoms with Gasteiger partial charge in [0.15, 0.2) is 0 Å². The summed E-state index contributed by atoms with van der Waals surface area (Å²) < 4.78 is 1.93. The number of aromatic nitrogens is 1. The van der Waals surface area contributed by atoms with Crippen LogP contribution in [-0.2, 0) is 5.41 Å². The lowest BCUT2D eigenvalue weighted by Gasteiger charge is -2.15. The van der Waals surface area contributed by atoms with E-state index in [1.165, 1.54) is 22.7 Å². The number of thiazole rings is 1. The molecule has 2 aromatic rings. The molecule has 0 bridgehead atoms. The van der Waals surface area contributed by atoms with E-state index in [1.54, 1.807) is 0 Å². The zero-order valence-corrected chi connectivity index (χ0v) is 15.3. The average Bonchev–Trinajstić information content (AvgIpc) is 2.82. The summed E-state index contributed by atoms with van der Waals surface area (Å²) in [6.45, 7) is 5.91. The number of carboxylic acid groups (broad SMARTS) is 1. The second kappa shape index (κ2) is 5.27. The van der Waals surface area contributed by atoms with Gasteiger partial charge in [-0.3, -0.25) is 0 Å². The number of hydrogen-bond acceptors (Lipinski definition) is 4. The van der Waals surface area contributed by atoms with E-state index in [2.05, 4.69) is 36.8 Å². The maximum Gasteiger partial charge on any atom is 0.347 e. The molecule has 2 heterocycles. The Balaban J connectivity index is 2.58. The standard InChI is InChI=1S/C12H11Br2NO2S2/c1-12(2,3)8-7(11(16)17)19-10(15-8)6-4-5(13)9(14)18-6/h4H,1-3H3,(H,16,17). The third kappa shape index (κ3) is 3.09. The Kier molecular flexibility index (Phi) is 4.21. The van der Waals surface area contributed by atoms with Crippen molar-refractivity contribution in [2.45, 2.75) is 26.2 Å². The van der Waals surface area contributed by atoms with Crippen LogP contribution >= 0.6 is 54.5 Å². The van der Waals surface area contributed by atoms with E-state index in [4.69, 9.17) is 0 Å². The molecule has 0 atom stereocenters. The molecule has 0 fully saturated rings. The van der Waals surface area contributed by atoms with E-state index < -0.39 is 5.97 Å². The summed E-state index contributed by atoms with van der Waals surface area (Å²) in [6, 6.07) is 1.95. The quantitative estimate of drug-likeness (QED) is 0.702. The van der Waals surface area contributed by atoms with Gasteiger partial charge in [0.25, 0.3) is 0 Å². The van der Waals surface area contributed by atoms with Crippen LogP contribution in [0.4, 0.5) is 0 Å². The minimum absolute atomic E-state index is 0.284. The van der Waals surface area contributed by atoms with Gasteiger partial charge in [0.05, 0.1) is 14.4 Å². The van der Waals surface area contributed by atoms with Crippen LogP contribution in [0.2, 0.25) is 0 Å². The third-order valence-corrected chi connectivity index (χ3v) is 6.86. The minimum atomic E-state index is -0.914. The van der Waals surface area contributed by atoms with Crippen molar-refractivity contribution in [3.05, 3.63) is 24.9 Å². The maximum absolute atomic E-state index is 11.3. The Labute approximate surface area is 136 Å². The number of rotatable bonds is 2. The van der Waals surface area contributed by atoms with Crippen molar-refractivity contribution in [3.63, 3.8) is 0 Å². The molecule has 0 aliphatic rings. The highest BCUT2D eigenvalue weighted by Crippen LogP contribution is 2.41. The van der Waals surface area contributed by atoms with Crippen molar-refractivity contribution < 1.29 is 9.90 Å². The van der Waals surface area contributed by atoms with Gasteiger partial charge < -0.3 is 5.11 Å². The molecule has 0 aliphatic heterocycles. The summed E-state index contributed by atoms with van der Waals surface area (Å²) in [6.07, 6.45) is 0. The zero-order valence-electron chi connectivity index (χ0n) is 10.5. The molecule has 2 rings (SSSR count). The Morgan fingerprint density at radius 1 is 1.32 bits per heavy atom. The second-order valence-electron chi connectivity index (χ2n) is 4.98. The summed E-state index contributed by atoms with van der Waals surface area (Å²) in [4.78, 5) is 17.2. The van der Waals surface area contributed by atoms with Gasteiger partial charge in [-0.15, -0.1) is 22.7 Å². The fourth-order valence-electron chi connectivity index (χ4n) is 1.53. The van der Waals surface area contributed by atoms with Crippen molar-refractivity contribution in [2.24, 2.45) is 0 Å². The second-order valence-corrected chi connectivity index (χ2v) is 9.21. The largest absolute Gasteiger partial charge is 0.477 e. The first-order valence-electron chi connectivity index (χ1n) is 5.40. The number of nitrogens with zero attached hydrogens (tertiary/aromatic N) is 1. The van der Waals surface area contributed by atoms with Gasteiger partial charge in [0, 0.05) is 9.89 Å². The minimum Gasteiger partial charge on any atom is -0.477 e. The first-order valence-corrected chi connectivity index (χ1v) is 8.62. The van der Waals surface area contributed by atoms with E-state index in [1.807, 2.05) is 26.8 Å². The van der Waals surface area contributed by atoms with Gasteiger partial charge in [-0.05, 0) is 37.9 Å². The van der Waals surface area contributed by atoms with E-state index >= 15 is 0 Å². The predicted molar refractivity (Wildman–Crippen MR) is 86.5 cm³/mol. The van der Waals surface area contributed by atoms with Gasteiger partial charge in [-0.2, -0.15) is 0 Å². The van der Waals surface area contributed by atoms with Crippen LogP contribution in [0.5, 0.6) is 0 Å². The lowest BCUT2D eigenvalue weighted by Crippen LogP contribution is -2.16. The number of carboxylic acids is 1. The van der Waals surface area contributed by atoms with Gasteiger partial charge in [0.2, 0.25) is 0 Å². The van der Waals surface area contributed by atoms with E-state index in [-0.39, 0.29) is 5.41 Å². The van der Waals surface area contributed by atoms with Crippen LogP contribution in [0.25, 0.3) is 9.88 Å². The van der Waals surface area contributed by atoms with Crippen molar-refractivity contribution in [2.75, 3.05) is 0 Å². The molecule has 0 unspecified atom stereocenters. The topological polar surface area (TPSA) is 50.2 Å². The van der Waals surface area contributed by atoms with Crippen LogP contribution in [0.3, 0.4) is 0 Å². The van der Waals surface area contributed by atoms with E-state index in [0.717, 1.165) is 18.1 Å². The lowest BCUT2D eigenvalue weighted by atomic mass is 9.91. The van der Waals surface area contributed by atoms with Gasteiger partial charge in [0.1, 0.15) is 9.88 Å². The van der Waals surface area contributed by atoms with Crippen molar-refractivity contribution in [1.82, 2.24) is 4.98 Å². The number of hydrogen-bond donors (Lipinski definition) is 1. The molecule has 0 saturated carbocycles. The SMILES string of the molecule is CC(C)(C)c1nc(-c2cc(Br)c(Br)s2)sc1C(=O)O. The van der Waals surface area contributed by atoms with Gasteiger partial charge in [-0.25, -0.2) is 9.78 Å². The van der Waals surface area contributed by atoms with Crippen molar-refractivity contribution in [3.8, 4) is 9.88 Å².